The van der Waals surface area contributed by atoms with Crippen LogP contribution in [-0.4, -0.2) is 70.8 Å². The first-order valence-corrected chi connectivity index (χ1v) is 13.9. The first kappa shape index (κ1) is 29.0. The minimum atomic E-state index is -1.21. The zero-order valence-electron chi connectivity index (χ0n) is 23.8. The molecule has 1 aromatic rings. The van der Waals surface area contributed by atoms with Gasteiger partial charge in [-0.25, -0.2) is 0 Å². The Kier molecular flexibility index (Phi) is 8.11. The summed E-state index contributed by atoms with van der Waals surface area (Å²) in [5.74, 6) is -2.73. The number of hydrogen-bond donors (Lipinski definition) is 1. The van der Waals surface area contributed by atoms with Crippen LogP contribution in [0, 0.1) is 31.6 Å². The number of anilines is 1. The minimum Gasteiger partial charge on any atom is -0.461 e. The van der Waals surface area contributed by atoms with Gasteiger partial charge in [-0.15, -0.1) is 6.58 Å². The molecule has 3 heterocycles. The van der Waals surface area contributed by atoms with Gasteiger partial charge in [0.25, 0.3) is 5.91 Å². The van der Waals surface area contributed by atoms with Crippen LogP contribution in [-0.2, 0) is 23.9 Å². The highest BCUT2D eigenvalue weighted by molar-refractivity contribution is 6.05. The molecule has 39 heavy (non-hydrogen) atoms. The van der Waals surface area contributed by atoms with Crippen molar-refractivity contribution in [1.29, 1.82) is 0 Å². The maximum atomic E-state index is 14.7. The number of amides is 2. The van der Waals surface area contributed by atoms with Gasteiger partial charge in [0.05, 0.1) is 24.2 Å². The molecule has 2 unspecified atom stereocenters. The van der Waals surface area contributed by atoms with E-state index in [-0.39, 0.29) is 37.5 Å². The number of esters is 1. The minimum absolute atomic E-state index is 0.0256. The Labute approximate surface area is 231 Å². The molecule has 1 N–H and O–H groups in total. The molecule has 0 aromatic heterocycles. The molecule has 2 bridgehead atoms. The number of hydrogen-bond acceptors (Lipinski definition) is 6. The van der Waals surface area contributed by atoms with Gasteiger partial charge in [0.1, 0.15) is 24.2 Å². The van der Waals surface area contributed by atoms with Gasteiger partial charge >= 0.3 is 5.97 Å². The van der Waals surface area contributed by atoms with Crippen molar-refractivity contribution < 1.29 is 29.0 Å². The molecule has 3 saturated heterocycles. The summed E-state index contributed by atoms with van der Waals surface area (Å²) in [6.07, 6.45) is 4.62. The van der Waals surface area contributed by atoms with Gasteiger partial charge in [0.2, 0.25) is 5.91 Å². The van der Waals surface area contributed by atoms with Crippen molar-refractivity contribution in [3.05, 3.63) is 54.6 Å². The number of benzene rings is 1. The molecule has 0 radical (unpaired) electrons. The first-order valence-electron chi connectivity index (χ1n) is 13.9. The molecule has 1 spiro atoms. The quantitative estimate of drug-likeness (QED) is 0.341. The Bertz CT molecular complexity index is 1160. The molecule has 3 aliphatic rings. The summed E-state index contributed by atoms with van der Waals surface area (Å²) in [5, 5.41) is 10.5. The third-order valence-electron chi connectivity index (χ3n) is 8.63. The van der Waals surface area contributed by atoms with E-state index in [1.54, 1.807) is 11.0 Å². The van der Waals surface area contributed by atoms with E-state index in [1.807, 2.05) is 52.8 Å². The van der Waals surface area contributed by atoms with Gasteiger partial charge in [0, 0.05) is 12.2 Å². The van der Waals surface area contributed by atoms with Gasteiger partial charge in [-0.2, -0.15) is 0 Å². The molecular formula is C31H42N2O6. The van der Waals surface area contributed by atoms with Crippen molar-refractivity contribution in [2.24, 2.45) is 17.8 Å². The Morgan fingerprint density at radius 3 is 2.59 bits per heavy atom. The highest BCUT2D eigenvalue weighted by Crippen LogP contribution is 2.64. The molecule has 3 fully saturated rings. The average Bonchev–Trinajstić information content (AvgIpc) is 3.46. The van der Waals surface area contributed by atoms with E-state index in [9.17, 15) is 19.5 Å². The molecule has 8 nitrogen and oxygen atoms in total. The smallest absolute Gasteiger partial charge is 0.313 e. The molecule has 6 atom stereocenters. The summed E-state index contributed by atoms with van der Waals surface area (Å²) in [7, 11) is 0. The lowest BCUT2D eigenvalue weighted by atomic mass is 9.66. The van der Waals surface area contributed by atoms with Crippen LogP contribution in [0.25, 0.3) is 0 Å². The molecular weight excluding hydrogens is 496 g/mol. The molecule has 212 valence electrons. The number of aliphatic hydroxyl groups excluding tert-OH is 1. The summed E-state index contributed by atoms with van der Waals surface area (Å²) in [4.78, 5) is 45.6. The maximum absolute atomic E-state index is 14.7. The standard InChI is InChI=1S/C31H42N2O6/c1-8-14-32(23-17-20(5)10-11-21(23)6)28(36)26-31-13-12-30(7,39-31)25(29(37)38-15-9-2)24(31)27(35)33(26)22(18-34)16-19(3)4/h8-11,17,19,22,24-26,34H,1-2,12-16,18H2,3-7H3/t22-,24+,25-,26?,30+,31?/m1/s1. The second-order valence-electron chi connectivity index (χ2n) is 11.9. The highest BCUT2D eigenvalue weighted by atomic mass is 16.6. The Morgan fingerprint density at radius 1 is 1.26 bits per heavy atom. The summed E-state index contributed by atoms with van der Waals surface area (Å²) in [6, 6.07) is 4.29. The second kappa shape index (κ2) is 10.9. The Balaban J connectivity index is 1.87. The predicted molar refractivity (Wildman–Crippen MR) is 149 cm³/mol. The monoisotopic (exact) mass is 538 g/mol. The molecule has 0 aliphatic carbocycles. The van der Waals surface area contributed by atoms with Crippen molar-refractivity contribution >= 4 is 23.5 Å². The number of ether oxygens (including phenoxy) is 2. The van der Waals surface area contributed by atoms with Crippen LogP contribution >= 0.6 is 0 Å². The normalized spacial score (nSPS) is 29.9. The molecule has 4 rings (SSSR count). The molecule has 2 amide bonds. The lowest BCUT2D eigenvalue weighted by Gasteiger charge is -2.40. The third-order valence-corrected chi connectivity index (χ3v) is 8.63. The van der Waals surface area contributed by atoms with Crippen molar-refractivity contribution in [2.75, 3.05) is 24.7 Å². The van der Waals surface area contributed by atoms with Crippen molar-refractivity contribution in [3.8, 4) is 0 Å². The summed E-state index contributed by atoms with van der Waals surface area (Å²) >= 11 is 0. The van der Waals surface area contributed by atoms with Crippen LogP contribution in [0.3, 0.4) is 0 Å². The maximum Gasteiger partial charge on any atom is 0.313 e. The fraction of sp³-hybridized carbons (Fsp3) is 0.581. The van der Waals surface area contributed by atoms with Crippen LogP contribution in [0.2, 0.25) is 0 Å². The number of nitrogens with zero attached hydrogens (tertiary/aromatic N) is 2. The van der Waals surface area contributed by atoms with Crippen molar-refractivity contribution in [2.45, 2.75) is 77.2 Å². The van der Waals surface area contributed by atoms with Crippen LogP contribution in [0.4, 0.5) is 5.69 Å². The van der Waals surface area contributed by atoms with E-state index >= 15 is 0 Å². The Morgan fingerprint density at radius 2 is 1.97 bits per heavy atom. The number of carbonyl (C=O) groups is 3. The predicted octanol–water partition coefficient (Wildman–Crippen LogP) is 3.72. The summed E-state index contributed by atoms with van der Waals surface area (Å²) in [6.45, 7) is 17.2. The number of aliphatic hydroxyl groups is 1. The van der Waals surface area contributed by atoms with E-state index in [4.69, 9.17) is 9.47 Å². The van der Waals surface area contributed by atoms with E-state index in [2.05, 4.69) is 13.2 Å². The summed E-state index contributed by atoms with van der Waals surface area (Å²) in [5.41, 5.74) is 0.505. The van der Waals surface area contributed by atoms with E-state index < -0.39 is 41.1 Å². The fourth-order valence-corrected chi connectivity index (χ4v) is 7.04. The highest BCUT2D eigenvalue weighted by Gasteiger charge is 2.79. The number of aryl methyl sites for hydroxylation is 2. The number of likely N-dealkylation sites (tertiary alicyclic amines) is 1. The number of rotatable bonds is 11. The number of fused-ring (bicyclic) bond motifs is 1. The third kappa shape index (κ3) is 4.72. The number of carbonyl (C=O) groups excluding carboxylic acids is 3. The van der Waals surface area contributed by atoms with Gasteiger partial charge in [-0.1, -0.05) is 44.7 Å². The van der Waals surface area contributed by atoms with Gasteiger partial charge in [-0.05, 0) is 63.1 Å². The zero-order chi connectivity index (χ0) is 28.7. The molecule has 8 heteroatoms. The zero-order valence-corrected chi connectivity index (χ0v) is 23.8. The van der Waals surface area contributed by atoms with Crippen LogP contribution in [0.1, 0.15) is 51.2 Å². The second-order valence-corrected chi connectivity index (χ2v) is 11.9. The van der Waals surface area contributed by atoms with Gasteiger partial charge in [0.15, 0.2) is 0 Å². The van der Waals surface area contributed by atoms with Crippen LogP contribution in [0.5, 0.6) is 0 Å². The van der Waals surface area contributed by atoms with Gasteiger partial charge < -0.3 is 24.4 Å². The fourth-order valence-electron chi connectivity index (χ4n) is 7.04. The topological polar surface area (TPSA) is 96.4 Å². The first-order chi connectivity index (χ1) is 18.5. The van der Waals surface area contributed by atoms with Crippen LogP contribution < -0.4 is 4.90 Å². The molecule has 0 saturated carbocycles. The molecule has 1 aromatic carbocycles. The SMILES string of the molecule is C=CCOC(=O)[C@H]1[C@H]2C(=O)N([C@@H](CO)CC(C)C)C(C(=O)N(CC=C)c3cc(C)ccc3C)C23CC[C@]1(C)O3. The van der Waals surface area contributed by atoms with Gasteiger partial charge in [-0.3, -0.25) is 14.4 Å². The largest absolute Gasteiger partial charge is 0.461 e. The average molecular weight is 539 g/mol. The Hall–Kier alpha value is -2.97. The van der Waals surface area contributed by atoms with Crippen molar-refractivity contribution in [1.82, 2.24) is 4.90 Å². The van der Waals surface area contributed by atoms with E-state index in [0.717, 1.165) is 16.8 Å². The lowest BCUT2D eigenvalue weighted by molar-refractivity contribution is -0.159. The van der Waals surface area contributed by atoms with Crippen LogP contribution in [0.15, 0.2) is 43.5 Å². The van der Waals surface area contributed by atoms with Crippen molar-refractivity contribution in [3.63, 3.8) is 0 Å². The molecule has 3 aliphatic heterocycles. The van der Waals surface area contributed by atoms with E-state index in [0.29, 0.717) is 19.3 Å². The van der Waals surface area contributed by atoms with E-state index in [1.165, 1.54) is 11.0 Å². The lowest BCUT2D eigenvalue weighted by Crippen LogP contribution is -2.59. The summed E-state index contributed by atoms with van der Waals surface area (Å²) < 4.78 is 12.1.